The summed E-state index contributed by atoms with van der Waals surface area (Å²) in [6.45, 7) is 0.788. The Balaban J connectivity index is 1.76. The lowest BCUT2D eigenvalue weighted by atomic mass is 10.2. The van der Waals surface area contributed by atoms with Gasteiger partial charge < -0.3 is 9.47 Å². The highest BCUT2D eigenvalue weighted by molar-refractivity contribution is 7.14. The highest BCUT2D eigenvalue weighted by atomic mass is 35.5. The molecule has 0 aliphatic carbocycles. The third kappa shape index (κ3) is 3.35. The van der Waals surface area contributed by atoms with Gasteiger partial charge in [0.15, 0.2) is 5.13 Å². The average molecular weight is 357 g/mol. The third-order valence-corrected chi connectivity index (χ3v) is 4.11. The summed E-state index contributed by atoms with van der Waals surface area (Å²) in [7, 11) is 0. The molecule has 1 aliphatic heterocycles. The summed E-state index contributed by atoms with van der Waals surface area (Å²) in [4.78, 5) is 16.3. The number of hydrogen-bond acceptors (Lipinski definition) is 5. The first-order chi connectivity index (χ1) is 10.6. The van der Waals surface area contributed by atoms with E-state index >= 15 is 0 Å². The lowest BCUT2D eigenvalue weighted by Crippen LogP contribution is -2.21. The van der Waals surface area contributed by atoms with Gasteiger partial charge in [-0.3, -0.25) is 10.1 Å². The van der Waals surface area contributed by atoms with Gasteiger partial charge in [0, 0.05) is 16.0 Å². The van der Waals surface area contributed by atoms with Crippen LogP contribution in [0.25, 0.3) is 11.3 Å². The number of rotatable bonds is 3. The molecule has 1 aromatic heterocycles. The van der Waals surface area contributed by atoms with E-state index in [1.165, 1.54) is 17.6 Å². The van der Waals surface area contributed by atoms with Crippen molar-refractivity contribution < 1.29 is 14.3 Å². The number of aromatic nitrogens is 1. The normalized spacial score (nSPS) is 13.8. The van der Waals surface area contributed by atoms with E-state index in [9.17, 15) is 4.79 Å². The van der Waals surface area contributed by atoms with E-state index in [1.807, 2.05) is 0 Å². The number of nitrogens with one attached hydrogen (secondary N) is 1. The zero-order valence-corrected chi connectivity index (χ0v) is 13.5. The molecule has 0 spiro atoms. The van der Waals surface area contributed by atoms with Crippen LogP contribution in [0.2, 0.25) is 10.0 Å². The van der Waals surface area contributed by atoms with E-state index in [4.69, 9.17) is 32.7 Å². The van der Waals surface area contributed by atoms with Crippen LogP contribution < -0.4 is 5.32 Å². The Morgan fingerprint density at radius 2 is 2.18 bits per heavy atom. The molecular weight excluding hydrogens is 347 g/mol. The second-order valence-electron chi connectivity index (χ2n) is 4.32. The number of benzene rings is 1. The number of amides is 1. The number of thiazole rings is 1. The number of ether oxygens (including phenoxy) is 2. The minimum absolute atomic E-state index is 0.132. The van der Waals surface area contributed by atoms with Gasteiger partial charge in [-0.05, 0) is 18.2 Å². The van der Waals surface area contributed by atoms with Crippen LogP contribution in [0.4, 0.5) is 5.13 Å². The SMILES string of the molecule is O=C(Nc1nc(-c2ccc(Cl)cc2Cl)cs1)C1=COCCO1. The van der Waals surface area contributed by atoms with E-state index in [0.717, 1.165) is 5.56 Å². The van der Waals surface area contributed by atoms with Crippen molar-refractivity contribution in [1.82, 2.24) is 4.98 Å². The van der Waals surface area contributed by atoms with Crippen LogP contribution in [-0.2, 0) is 14.3 Å². The topological polar surface area (TPSA) is 60.5 Å². The van der Waals surface area contributed by atoms with Crippen molar-refractivity contribution in [2.24, 2.45) is 0 Å². The van der Waals surface area contributed by atoms with Gasteiger partial charge in [0.05, 0.1) is 10.7 Å². The van der Waals surface area contributed by atoms with E-state index in [0.29, 0.717) is 34.1 Å². The van der Waals surface area contributed by atoms with Gasteiger partial charge in [0.25, 0.3) is 5.91 Å². The number of nitrogens with zero attached hydrogens (tertiary/aromatic N) is 1. The van der Waals surface area contributed by atoms with Crippen molar-refractivity contribution in [2.45, 2.75) is 0 Å². The lowest BCUT2D eigenvalue weighted by molar-refractivity contribution is -0.117. The Morgan fingerprint density at radius 1 is 1.32 bits per heavy atom. The molecule has 1 amide bonds. The number of carbonyl (C=O) groups is 1. The van der Waals surface area contributed by atoms with Crippen molar-refractivity contribution in [2.75, 3.05) is 18.5 Å². The van der Waals surface area contributed by atoms with Crippen LogP contribution >= 0.6 is 34.5 Å². The average Bonchev–Trinajstić information content (AvgIpc) is 2.96. The second-order valence-corrected chi connectivity index (χ2v) is 6.02. The van der Waals surface area contributed by atoms with Gasteiger partial charge in [-0.15, -0.1) is 11.3 Å². The van der Waals surface area contributed by atoms with Crippen molar-refractivity contribution in [3.05, 3.63) is 45.6 Å². The Kier molecular flexibility index (Phi) is 4.52. The fraction of sp³-hybridized carbons (Fsp3) is 0.143. The zero-order chi connectivity index (χ0) is 15.5. The van der Waals surface area contributed by atoms with E-state index in [1.54, 1.807) is 23.6 Å². The molecule has 22 heavy (non-hydrogen) atoms. The number of hydrogen-bond donors (Lipinski definition) is 1. The molecule has 0 saturated heterocycles. The Labute approximate surface area is 140 Å². The quantitative estimate of drug-likeness (QED) is 0.904. The van der Waals surface area contributed by atoms with Crippen LogP contribution in [0.5, 0.6) is 0 Å². The van der Waals surface area contributed by atoms with Crippen LogP contribution in [0.3, 0.4) is 0 Å². The van der Waals surface area contributed by atoms with E-state index < -0.39 is 5.91 Å². The molecule has 2 aromatic rings. The maximum absolute atomic E-state index is 12.0. The van der Waals surface area contributed by atoms with Crippen LogP contribution in [0.15, 0.2) is 35.6 Å². The number of carbonyl (C=O) groups excluding carboxylic acids is 1. The Bertz CT molecular complexity index is 745. The first kappa shape index (κ1) is 15.1. The summed E-state index contributed by atoms with van der Waals surface area (Å²) in [5.41, 5.74) is 1.41. The van der Waals surface area contributed by atoms with Gasteiger partial charge in [-0.2, -0.15) is 0 Å². The van der Waals surface area contributed by atoms with Crippen LogP contribution in [-0.4, -0.2) is 24.1 Å². The molecule has 1 aromatic carbocycles. The molecule has 0 saturated carbocycles. The molecule has 3 rings (SSSR count). The fourth-order valence-corrected chi connectivity index (χ4v) is 3.01. The largest absolute Gasteiger partial charge is 0.494 e. The molecule has 0 bridgehead atoms. The van der Waals surface area contributed by atoms with Gasteiger partial charge in [0.1, 0.15) is 19.5 Å². The molecule has 2 heterocycles. The van der Waals surface area contributed by atoms with E-state index in [2.05, 4.69) is 10.3 Å². The Morgan fingerprint density at radius 3 is 2.91 bits per heavy atom. The number of halogens is 2. The summed E-state index contributed by atoms with van der Waals surface area (Å²) < 4.78 is 10.2. The van der Waals surface area contributed by atoms with Gasteiger partial charge in [-0.25, -0.2) is 4.98 Å². The second kappa shape index (κ2) is 6.56. The third-order valence-electron chi connectivity index (χ3n) is 2.80. The summed E-state index contributed by atoms with van der Waals surface area (Å²) in [6, 6.07) is 5.17. The molecule has 0 radical (unpaired) electrons. The Hall–Kier alpha value is -1.76. The monoisotopic (exact) mass is 356 g/mol. The van der Waals surface area contributed by atoms with Crippen LogP contribution in [0, 0.1) is 0 Å². The van der Waals surface area contributed by atoms with E-state index in [-0.39, 0.29) is 5.76 Å². The highest BCUT2D eigenvalue weighted by Crippen LogP contribution is 2.32. The van der Waals surface area contributed by atoms with Crippen molar-refractivity contribution >= 4 is 45.6 Å². The number of anilines is 1. The van der Waals surface area contributed by atoms with Gasteiger partial charge in [0.2, 0.25) is 5.76 Å². The van der Waals surface area contributed by atoms with Crippen molar-refractivity contribution in [3.8, 4) is 11.3 Å². The summed E-state index contributed by atoms with van der Waals surface area (Å²) >= 11 is 13.3. The van der Waals surface area contributed by atoms with Gasteiger partial charge in [-0.1, -0.05) is 23.2 Å². The summed E-state index contributed by atoms with van der Waals surface area (Å²) in [5, 5.41) is 5.96. The minimum Gasteiger partial charge on any atom is -0.494 e. The maximum Gasteiger partial charge on any atom is 0.295 e. The lowest BCUT2D eigenvalue weighted by Gasteiger charge is -2.14. The smallest absolute Gasteiger partial charge is 0.295 e. The molecule has 8 heteroatoms. The fourth-order valence-electron chi connectivity index (χ4n) is 1.80. The van der Waals surface area contributed by atoms with Crippen molar-refractivity contribution in [1.29, 1.82) is 0 Å². The van der Waals surface area contributed by atoms with Gasteiger partial charge >= 0.3 is 0 Å². The highest BCUT2D eigenvalue weighted by Gasteiger charge is 2.17. The molecule has 1 aliphatic rings. The van der Waals surface area contributed by atoms with Crippen molar-refractivity contribution in [3.63, 3.8) is 0 Å². The predicted molar refractivity (Wildman–Crippen MR) is 86.2 cm³/mol. The summed E-state index contributed by atoms with van der Waals surface area (Å²) in [5.74, 6) is -0.268. The molecular formula is C14H10Cl2N2O3S. The predicted octanol–water partition coefficient (Wildman–Crippen LogP) is 3.94. The zero-order valence-electron chi connectivity index (χ0n) is 11.1. The molecule has 0 fully saturated rings. The molecule has 5 nitrogen and oxygen atoms in total. The molecule has 114 valence electrons. The standard InChI is InChI=1S/C14H10Cl2N2O3S/c15-8-1-2-9(10(16)5-8)11-7-22-14(17-11)18-13(19)12-6-20-3-4-21-12/h1-2,5-7H,3-4H2,(H,17,18,19). The first-order valence-corrected chi connectivity index (χ1v) is 7.94. The minimum atomic E-state index is -0.400. The van der Waals surface area contributed by atoms with Crippen LogP contribution in [0.1, 0.15) is 0 Å². The molecule has 0 atom stereocenters. The molecule has 1 N–H and O–H groups in total. The summed E-state index contributed by atoms with van der Waals surface area (Å²) in [6.07, 6.45) is 1.30. The molecule has 0 unspecified atom stereocenters. The first-order valence-electron chi connectivity index (χ1n) is 6.30. The maximum atomic E-state index is 12.0.